The molecule has 14 heteroatoms. The van der Waals surface area contributed by atoms with Gasteiger partial charge >= 0.3 is 6.03 Å². The summed E-state index contributed by atoms with van der Waals surface area (Å²) >= 11 is 0. The van der Waals surface area contributed by atoms with E-state index >= 15 is 0 Å². The van der Waals surface area contributed by atoms with Crippen molar-refractivity contribution in [2.45, 2.75) is 63.9 Å². The van der Waals surface area contributed by atoms with Crippen LogP contribution in [0.15, 0.2) is 60.8 Å². The third kappa shape index (κ3) is 8.02. The molecule has 12 nitrogen and oxygen atoms in total. The molecule has 4 aromatic rings. The molecule has 3 N–H and O–H groups in total. The lowest BCUT2D eigenvalue weighted by Crippen LogP contribution is -2.44. The molecule has 1 saturated heterocycles. The number of aromatic nitrogens is 3. The Morgan fingerprint density at radius 3 is 2.24 bits per heavy atom. The molecule has 2 aliphatic carbocycles. The molecular formula is C35H41FN6O6S. The fourth-order valence-corrected chi connectivity index (χ4v) is 5.97. The Morgan fingerprint density at radius 1 is 1.02 bits per heavy atom. The van der Waals surface area contributed by atoms with E-state index in [1.165, 1.54) is 0 Å². The maximum Gasteiger partial charge on any atom is 0.324 e. The number of nitrogens with zero attached hydrogens (tertiary/aromatic N) is 4. The molecule has 0 bridgehead atoms. The molecule has 0 spiro atoms. The maximum absolute atomic E-state index is 13.9. The van der Waals surface area contributed by atoms with Gasteiger partial charge in [-0.3, -0.25) is 19.1 Å². The third-order valence-corrected chi connectivity index (χ3v) is 9.41. The van der Waals surface area contributed by atoms with E-state index < -0.39 is 28.2 Å². The smallest absolute Gasteiger partial charge is 0.324 e. The van der Waals surface area contributed by atoms with Gasteiger partial charge in [0.2, 0.25) is 11.8 Å². The number of nitrogens with one attached hydrogen (secondary N) is 2. The predicted molar refractivity (Wildman–Crippen MR) is 185 cm³/mol. The Morgan fingerprint density at radius 2 is 1.65 bits per heavy atom. The zero-order valence-corrected chi connectivity index (χ0v) is 28.6. The number of urea groups is 1. The van der Waals surface area contributed by atoms with E-state index in [2.05, 4.69) is 22.5 Å². The van der Waals surface area contributed by atoms with Gasteiger partial charge in [0.15, 0.2) is 0 Å². The topological polar surface area (TPSA) is 156 Å². The third-order valence-electron chi connectivity index (χ3n) is 9.41. The van der Waals surface area contributed by atoms with E-state index in [0.717, 1.165) is 60.5 Å². The number of likely N-dealkylation sites (tertiary alicyclic amines) is 1. The van der Waals surface area contributed by atoms with Gasteiger partial charge in [0.05, 0.1) is 29.5 Å². The Labute approximate surface area is 284 Å². The average molecular weight is 693 g/mol. The summed E-state index contributed by atoms with van der Waals surface area (Å²) in [5.41, 5.74) is 2.33. The van der Waals surface area contributed by atoms with Crippen LogP contribution in [0.25, 0.3) is 16.5 Å². The van der Waals surface area contributed by atoms with E-state index in [1.54, 1.807) is 16.9 Å². The zero-order chi connectivity index (χ0) is 35.0. The molecule has 260 valence electrons. The van der Waals surface area contributed by atoms with Crippen LogP contribution >= 0.6 is 0 Å². The number of benzene rings is 2. The summed E-state index contributed by atoms with van der Waals surface area (Å²) in [5.74, 6) is 1.23. The largest absolute Gasteiger partial charge is 0.474 e. The van der Waals surface area contributed by atoms with Gasteiger partial charge in [-0.2, -0.15) is 13.5 Å². The second-order valence-corrected chi connectivity index (χ2v) is 15.0. The second-order valence-electron chi connectivity index (χ2n) is 13.6. The summed E-state index contributed by atoms with van der Waals surface area (Å²) in [7, 11) is -3.67. The molecule has 7 rings (SSSR count). The Bertz CT molecular complexity index is 1960. The molecule has 0 atom stereocenters. The number of hydrogen-bond donors (Lipinski definition) is 3. The van der Waals surface area contributed by atoms with Crippen molar-refractivity contribution in [1.82, 2.24) is 19.7 Å². The number of amides is 3. The SMILES string of the molecule is CS(=O)(=O)O.Cc1ccc(-n2nc(C3(CF)CC3)cc2NC(=O)Nc2cnc(OC3CCN(C(=O)C4(C)CC4)CC3)c3ccccc23)cc1. The molecule has 2 aromatic carbocycles. The van der Waals surface area contributed by atoms with Crippen molar-refractivity contribution >= 4 is 44.3 Å². The van der Waals surface area contributed by atoms with E-state index in [-0.39, 0.29) is 17.4 Å². The van der Waals surface area contributed by atoms with Crippen molar-refractivity contribution in [3.8, 4) is 11.6 Å². The summed E-state index contributed by atoms with van der Waals surface area (Å²) < 4.78 is 47.8. The monoisotopic (exact) mass is 692 g/mol. The molecule has 0 unspecified atom stereocenters. The number of anilines is 2. The number of alkyl halides is 1. The van der Waals surface area contributed by atoms with Gasteiger partial charge in [-0.25, -0.2) is 14.5 Å². The molecule has 3 amide bonds. The van der Waals surface area contributed by atoms with Crippen LogP contribution in [0.1, 0.15) is 56.7 Å². The molecule has 1 aliphatic heterocycles. The molecule has 49 heavy (non-hydrogen) atoms. The van der Waals surface area contributed by atoms with Gasteiger partial charge < -0.3 is 15.0 Å². The number of aryl methyl sites for hydroxylation is 1. The number of carbonyl (C=O) groups is 2. The lowest BCUT2D eigenvalue weighted by Gasteiger charge is -2.33. The van der Waals surface area contributed by atoms with E-state index in [9.17, 15) is 22.4 Å². The summed E-state index contributed by atoms with van der Waals surface area (Å²) in [4.78, 5) is 32.6. The van der Waals surface area contributed by atoms with Crippen molar-refractivity contribution in [1.29, 1.82) is 0 Å². The molecule has 3 aliphatic rings. The van der Waals surface area contributed by atoms with Crippen LogP contribution < -0.4 is 15.4 Å². The fourth-order valence-electron chi connectivity index (χ4n) is 5.97. The van der Waals surface area contributed by atoms with Gasteiger partial charge in [-0.05, 0) is 50.8 Å². The quantitative estimate of drug-likeness (QED) is 0.189. The normalized spacial score (nSPS) is 17.9. The number of carbonyl (C=O) groups excluding carboxylic acids is 2. The van der Waals surface area contributed by atoms with Crippen LogP contribution in [-0.2, 0) is 20.3 Å². The molecule has 3 fully saturated rings. The second kappa shape index (κ2) is 13.4. The summed E-state index contributed by atoms with van der Waals surface area (Å²) in [6, 6.07) is 16.8. The average Bonchev–Trinajstić information content (AvgIpc) is 3.99. The first kappa shape index (κ1) is 34.3. The van der Waals surface area contributed by atoms with Crippen molar-refractivity contribution in [3.63, 3.8) is 0 Å². The van der Waals surface area contributed by atoms with Crippen LogP contribution in [-0.4, -0.2) is 76.7 Å². The molecular weight excluding hydrogens is 651 g/mol. The molecule has 3 heterocycles. The fraction of sp³-hybridized carbons (Fsp3) is 0.429. The number of fused-ring (bicyclic) bond motifs is 1. The minimum absolute atomic E-state index is 0.0422. The number of rotatable bonds is 8. The van der Waals surface area contributed by atoms with Crippen molar-refractivity contribution in [2.75, 3.05) is 36.7 Å². The van der Waals surface area contributed by atoms with Crippen molar-refractivity contribution < 1.29 is 31.7 Å². The van der Waals surface area contributed by atoms with Gasteiger partial charge in [0.25, 0.3) is 10.1 Å². The minimum atomic E-state index is -3.67. The number of pyridine rings is 1. The first-order valence-electron chi connectivity index (χ1n) is 16.3. The molecule has 2 saturated carbocycles. The number of halogens is 1. The zero-order valence-electron chi connectivity index (χ0n) is 27.8. The van der Waals surface area contributed by atoms with Crippen LogP contribution in [0.5, 0.6) is 5.88 Å². The Hall–Kier alpha value is -4.56. The van der Waals surface area contributed by atoms with Gasteiger partial charge in [-0.15, -0.1) is 0 Å². The van der Waals surface area contributed by atoms with Crippen LogP contribution in [0, 0.1) is 12.3 Å². The highest BCUT2D eigenvalue weighted by Gasteiger charge is 2.48. The minimum Gasteiger partial charge on any atom is -0.474 e. The van der Waals surface area contributed by atoms with Gasteiger partial charge in [-0.1, -0.05) is 42.8 Å². The van der Waals surface area contributed by atoms with Gasteiger partial charge in [0, 0.05) is 53.6 Å². The Balaban J connectivity index is 0.000000778. The highest BCUT2D eigenvalue weighted by atomic mass is 32.2. The standard InChI is InChI=1S/C34H37FN6O3.CH4O3S/c1-22-7-9-23(10-8-22)41-29(19-28(39-41)34(21-35)15-16-34)38-32(43)37-27-20-36-30(26-6-4-3-5-25(26)27)44-24-11-17-40(18-12-24)31(42)33(2)13-14-33;1-5(2,3)4/h3-10,19-20,24H,11-18,21H2,1-2H3,(H2,37,38,43);1H3,(H,2,3,4). The molecule has 0 radical (unpaired) electrons. The highest BCUT2D eigenvalue weighted by molar-refractivity contribution is 7.85. The van der Waals surface area contributed by atoms with Crippen molar-refractivity contribution in [3.05, 3.63) is 72.1 Å². The molecule has 2 aromatic heterocycles. The Kier molecular flexibility index (Phi) is 9.38. The van der Waals surface area contributed by atoms with E-state index in [0.29, 0.717) is 42.4 Å². The van der Waals surface area contributed by atoms with E-state index in [1.807, 2.05) is 60.4 Å². The number of hydrogen-bond acceptors (Lipinski definition) is 7. The predicted octanol–water partition coefficient (Wildman–Crippen LogP) is 6.05. The number of ether oxygens (including phenoxy) is 1. The van der Waals surface area contributed by atoms with Crippen LogP contribution in [0.4, 0.5) is 20.7 Å². The van der Waals surface area contributed by atoms with Crippen LogP contribution in [0.2, 0.25) is 0 Å². The maximum atomic E-state index is 13.9. The lowest BCUT2D eigenvalue weighted by molar-refractivity contribution is -0.138. The van der Waals surface area contributed by atoms with Crippen molar-refractivity contribution in [2.24, 2.45) is 5.41 Å². The van der Waals surface area contributed by atoms with Crippen LogP contribution in [0.3, 0.4) is 0 Å². The summed E-state index contributed by atoms with van der Waals surface area (Å²) in [5, 5.41) is 12.2. The number of piperidine rings is 1. The van der Waals surface area contributed by atoms with E-state index in [4.69, 9.17) is 14.4 Å². The highest BCUT2D eigenvalue weighted by Crippen LogP contribution is 2.49. The lowest BCUT2D eigenvalue weighted by atomic mass is 10.0. The first-order chi connectivity index (χ1) is 23.3. The summed E-state index contributed by atoms with van der Waals surface area (Å²) in [6.07, 6.45) is 7.22. The summed E-state index contributed by atoms with van der Waals surface area (Å²) in [6.45, 7) is 4.94. The van der Waals surface area contributed by atoms with Gasteiger partial charge in [0.1, 0.15) is 18.6 Å². The first-order valence-corrected chi connectivity index (χ1v) is 18.2.